The molecular formula is C17H32N2O2. The summed E-state index contributed by atoms with van der Waals surface area (Å²) in [6.45, 7) is 8.47. The van der Waals surface area contributed by atoms with Crippen LogP contribution in [0.25, 0.3) is 0 Å². The maximum atomic E-state index is 9.99. The fourth-order valence-electron chi connectivity index (χ4n) is 4.54. The van der Waals surface area contributed by atoms with Crippen LogP contribution in [0.4, 0.5) is 0 Å². The van der Waals surface area contributed by atoms with Crippen LogP contribution in [0.1, 0.15) is 52.4 Å². The maximum Gasteiger partial charge on any atom is 0.0570 e. The van der Waals surface area contributed by atoms with Crippen LogP contribution in [0, 0.1) is 5.41 Å². The van der Waals surface area contributed by atoms with Gasteiger partial charge in [-0.15, -0.1) is 0 Å². The summed E-state index contributed by atoms with van der Waals surface area (Å²) in [5.41, 5.74) is 0.269. The van der Waals surface area contributed by atoms with Crippen molar-refractivity contribution in [1.82, 2.24) is 10.2 Å². The van der Waals surface area contributed by atoms with Crippen molar-refractivity contribution >= 4 is 0 Å². The molecule has 0 spiro atoms. The van der Waals surface area contributed by atoms with E-state index >= 15 is 0 Å². The summed E-state index contributed by atoms with van der Waals surface area (Å²) in [5, 5.41) is 13.6. The van der Waals surface area contributed by atoms with Crippen molar-refractivity contribution in [2.24, 2.45) is 5.41 Å². The molecule has 0 saturated carbocycles. The first-order valence-electron chi connectivity index (χ1n) is 8.83. The topological polar surface area (TPSA) is 44.7 Å². The van der Waals surface area contributed by atoms with E-state index in [1.165, 1.54) is 25.7 Å². The maximum absolute atomic E-state index is 9.99. The molecule has 4 heteroatoms. The molecule has 0 amide bonds. The summed E-state index contributed by atoms with van der Waals surface area (Å²) in [5.74, 6) is 0. The molecular weight excluding hydrogens is 264 g/mol. The van der Waals surface area contributed by atoms with Crippen LogP contribution in [-0.2, 0) is 4.74 Å². The van der Waals surface area contributed by atoms with E-state index in [0.29, 0.717) is 18.1 Å². The lowest BCUT2D eigenvalue weighted by molar-refractivity contribution is -0.0519. The average molecular weight is 296 g/mol. The Balaban J connectivity index is 1.66. The summed E-state index contributed by atoms with van der Waals surface area (Å²) >= 11 is 0. The van der Waals surface area contributed by atoms with Crippen LogP contribution in [-0.4, -0.2) is 60.5 Å². The van der Waals surface area contributed by atoms with Gasteiger partial charge in [0.2, 0.25) is 0 Å². The average Bonchev–Trinajstić information content (AvgIpc) is 2.69. The smallest absolute Gasteiger partial charge is 0.0570 e. The van der Waals surface area contributed by atoms with E-state index < -0.39 is 0 Å². The first-order chi connectivity index (χ1) is 10.1. The molecule has 3 aliphatic heterocycles. The second kappa shape index (κ2) is 6.53. The van der Waals surface area contributed by atoms with Gasteiger partial charge in [-0.1, -0.05) is 13.8 Å². The van der Waals surface area contributed by atoms with Gasteiger partial charge in [0.1, 0.15) is 0 Å². The third-order valence-electron chi connectivity index (χ3n) is 5.67. The number of fused-ring (bicyclic) bond motifs is 2. The highest BCUT2D eigenvalue weighted by molar-refractivity contribution is 4.99. The van der Waals surface area contributed by atoms with E-state index in [9.17, 15) is 5.11 Å². The largest absolute Gasteiger partial charge is 0.393 e. The van der Waals surface area contributed by atoms with Gasteiger partial charge in [0.05, 0.1) is 12.7 Å². The standard InChI is InChI=1S/C17H32N2O2/c1-13(2)18-10-17(6-3-7-21-12-17)11-19-14-4-5-15(19)9-16(20)8-14/h13-16,18,20H,3-12H2,1-2H3. The van der Waals surface area contributed by atoms with Crippen molar-refractivity contribution in [2.75, 3.05) is 26.3 Å². The number of aliphatic hydroxyl groups is 1. The van der Waals surface area contributed by atoms with Gasteiger partial charge in [0.15, 0.2) is 0 Å². The van der Waals surface area contributed by atoms with E-state index in [1.54, 1.807) is 0 Å². The van der Waals surface area contributed by atoms with Gasteiger partial charge in [-0.25, -0.2) is 0 Å². The van der Waals surface area contributed by atoms with Crippen LogP contribution in [0.2, 0.25) is 0 Å². The lowest BCUT2D eigenvalue weighted by Gasteiger charge is -2.46. The normalized spacial score (nSPS) is 40.9. The molecule has 0 aromatic heterocycles. The lowest BCUT2D eigenvalue weighted by Crippen LogP contribution is -2.55. The number of ether oxygens (including phenoxy) is 1. The Morgan fingerprint density at radius 1 is 1.29 bits per heavy atom. The van der Waals surface area contributed by atoms with Crippen LogP contribution in [0.3, 0.4) is 0 Å². The van der Waals surface area contributed by atoms with Gasteiger partial charge in [0, 0.05) is 43.2 Å². The van der Waals surface area contributed by atoms with Gasteiger partial charge in [-0.3, -0.25) is 4.90 Å². The van der Waals surface area contributed by atoms with Crippen molar-refractivity contribution in [2.45, 2.75) is 76.6 Å². The summed E-state index contributed by atoms with van der Waals surface area (Å²) < 4.78 is 5.86. The van der Waals surface area contributed by atoms with Crippen molar-refractivity contribution in [3.63, 3.8) is 0 Å². The molecule has 3 atom stereocenters. The fraction of sp³-hybridized carbons (Fsp3) is 1.00. The minimum atomic E-state index is -0.0638. The molecule has 0 aromatic rings. The zero-order valence-corrected chi connectivity index (χ0v) is 13.7. The Morgan fingerprint density at radius 3 is 2.57 bits per heavy atom. The third kappa shape index (κ3) is 3.61. The quantitative estimate of drug-likeness (QED) is 0.811. The van der Waals surface area contributed by atoms with E-state index in [2.05, 4.69) is 24.1 Å². The summed E-state index contributed by atoms with van der Waals surface area (Å²) in [4.78, 5) is 2.71. The van der Waals surface area contributed by atoms with E-state index in [-0.39, 0.29) is 11.5 Å². The molecule has 0 radical (unpaired) electrons. The van der Waals surface area contributed by atoms with Gasteiger partial charge in [-0.05, 0) is 38.5 Å². The second-order valence-electron chi connectivity index (χ2n) is 7.87. The number of hydrogen-bond donors (Lipinski definition) is 2. The molecule has 3 aliphatic rings. The first kappa shape index (κ1) is 15.7. The SMILES string of the molecule is CC(C)NCC1(CN2C3CCC2CC(O)C3)CCCOC1. The predicted octanol–water partition coefficient (Wildman–Crippen LogP) is 1.77. The number of nitrogens with zero attached hydrogens (tertiary/aromatic N) is 1. The molecule has 3 fully saturated rings. The molecule has 3 heterocycles. The molecule has 0 aromatic carbocycles. The fourth-order valence-corrected chi connectivity index (χ4v) is 4.54. The summed E-state index contributed by atoms with van der Waals surface area (Å²) in [7, 11) is 0. The van der Waals surface area contributed by atoms with Crippen molar-refractivity contribution in [1.29, 1.82) is 0 Å². The van der Waals surface area contributed by atoms with Crippen LogP contribution in [0.15, 0.2) is 0 Å². The van der Waals surface area contributed by atoms with Crippen LogP contribution in [0.5, 0.6) is 0 Å². The number of nitrogens with one attached hydrogen (secondary N) is 1. The van der Waals surface area contributed by atoms with E-state index in [1.807, 2.05) is 0 Å². The minimum Gasteiger partial charge on any atom is -0.393 e. The highest BCUT2D eigenvalue weighted by Gasteiger charge is 2.44. The number of aliphatic hydroxyl groups excluding tert-OH is 1. The Hall–Kier alpha value is -0.160. The van der Waals surface area contributed by atoms with Crippen molar-refractivity contribution in [3.05, 3.63) is 0 Å². The molecule has 2 N–H and O–H groups in total. The number of piperidine rings is 1. The molecule has 3 saturated heterocycles. The molecule has 2 bridgehead atoms. The van der Waals surface area contributed by atoms with Crippen LogP contribution >= 0.6 is 0 Å². The summed E-state index contributed by atoms with van der Waals surface area (Å²) in [6, 6.07) is 1.75. The predicted molar refractivity (Wildman–Crippen MR) is 84.4 cm³/mol. The van der Waals surface area contributed by atoms with Crippen LogP contribution < -0.4 is 5.32 Å². The molecule has 0 aliphatic carbocycles. The zero-order valence-electron chi connectivity index (χ0n) is 13.7. The van der Waals surface area contributed by atoms with Crippen molar-refractivity contribution < 1.29 is 9.84 Å². The Kier molecular flexibility index (Phi) is 4.89. The van der Waals surface area contributed by atoms with Gasteiger partial charge < -0.3 is 15.2 Å². The first-order valence-corrected chi connectivity index (χ1v) is 8.83. The monoisotopic (exact) mass is 296 g/mol. The summed E-state index contributed by atoms with van der Waals surface area (Å²) in [6.07, 6.45) is 6.89. The third-order valence-corrected chi connectivity index (χ3v) is 5.67. The Labute approximate surface area is 129 Å². The molecule has 4 nitrogen and oxygen atoms in total. The minimum absolute atomic E-state index is 0.0638. The molecule has 3 rings (SSSR count). The highest BCUT2D eigenvalue weighted by atomic mass is 16.5. The number of hydrogen-bond acceptors (Lipinski definition) is 4. The van der Waals surface area contributed by atoms with Crippen molar-refractivity contribution in [3.8, 4) is 0 Å². The van der Waals surface area contributed by atoms with Gasteiger partial charge in [0.25, 0.3) is 0 Å². The molecule has 21 heavy (non-hydrogen) atoms. The molecule has 122 valence electrons. The van der Waals surface area contributed by atoms with E-state index in [0.717, 1.165) is 39.1 Å². The Morgan fingerprint density at radius 2 is 2.00 bits per heavy atom. The van der Waals surface area contributed by atoms with E-state index in [4.69, 9.17) is 4.74 Å². The Bertz CT molecular complexity index is 328. The van der Waals surface area contributed by atoms with Gasteiger partial charge >= 0.3 is 0 Å². The zero-order chi connectivity index (χ0) is 14.9. The molecule has 3 unspecified atom stereocenters. The number of rotatable bonds is 5. The highest BCUT2D eigenvalue weighted by Crippen LogP contribution is 2.40. The second-order valence-corrected chi connectivity index (χ2v) is 7.87. The lowest BCUT2D eigenvalue weighted by atomic mass is 9.80. The van der Waals surface area contributed by atoms with Gasteiger partial charge in [-0.2, -0.15) is 0 Å².